The molecule has 0 spiro atoms. The van der Waals surface area contributed by atoms with E-state index in [2.05, 4.69) is 9.73 Å². The van der Waals surface area contributed by atoms with Crippen molar-refractivity contribution >= 4 is 18.0 Å². The van der Waals surface area contributed by atoms with Crippen LogP contribution >= 0.6 is 0 Å². The van der Waals surface area contributed by atoms with Crippen molar-refractivity contribution in [2.24, 2.45) is 4.99 Å². The van der Waals surface area contributed by atoms with Crippen molar-refractivity contribution in [1.29, 1.82) is 0 Å². The minimum atomic E-state index is -4.34. The number of nitrogens with zero attached hydrogens (tertiary/aromatic N) is 2. The highest BCUT2D eigenvalue weighted by Gasteiger charge is 2.27. The van der Waals surface area contributed by atoms with Gasteiger partial charge in [-0.3, -0.25) is 0 Å². The smallest absolute Gasteiger partial charge is 0.392 e. The second kappa shape index (κ2) is 7.99. The fraction of sp³-hybridized carbons (Fsp3) is 0.500. The molecule has 0 aliphatic rings. The molecule has 128 valence electrons. The van der Waals surface area contributed by atoms with Crippen molar-refractivity contribution in [2.75, 3.05) is 20.2 Å². The molecule has 0 amide bonds. The Morgan fingerprint density at radius 3 is 2.52 bits per heavy atom. The van der Waals surface area contributed by atoms with Crippen LogP contribution in [0.5, 0.6) is 0 Å². The van der Waals surface area contributed by atoms with Gasteiger partial charge in [0.2, 0.25) is 0 Å². The van der Waals surface area contributed by atoms with Gasteiger partial charge in [-0.2, -0.15) is 13.2 Å². The maximum atomic E-state index is 12.1. The summed E-state index contributed by atoms with van der Waals surface area (Å²) in [6.45, 7) is 5.65. The van der Waals surface area contributed by atoms with E-state index in [1.54, 1.807) is 26.3 Å². The quantitative estimate of drug-likeness (QED) is 0.449. The van der Waals surface area contributed by atoms with Crippen molar-refractivity contribution in [2.45, 2.75) is 33.4 Å². The van der Waals surface area contributed by atoms with Crippen molar-refractivity contribution < 1.29 is 22.7 Å². The molecule has 1 aromatic rings. The molecule has 0 fully saturated rings. The number of carbonyl (C=O) groups excluding carboxylic acids is 1. The second-order valence-corrected chi connectivity index (χ2v) is 5.20. The molecule has 0 bridgehead atoms. The number of carbonyl (C=O) groups is 1. The van der Waals surface area contributed by atoms with Crippen LogP contribution in [0.4, 0.5) is 18.9 Å². The Kier molecular flexibility index (Phi) is 6.60. The van der Waals surface area contributed by atoms with Gasteiger partial charge in [0.25, 0.3) is 0 Å². The molecule has 0 aromatic heterocycles. The van der Waals surface area contributed by atoms with Crippen LogP contribution < -0.4 is 0 Å². The van der Waals surface area contributed by atoms with Crippen LogP contribution in [0.15, 0.2) is 17.1 Å². The third-order valence-corrected chi connectivity index (χ3v) is 3.49. The lowest BCUT2D eigenvalue weighted by Gasteiger charge is -2.13. The van der Waals surface area contributed by atoms with Gasteiger partial charge < -0.3 is 9.64 Å². The average Bonchev–Trinajstić information content (AvgIpc) is 2.46. The van der Waals surface area contributed by atoms with E-state index in [1.165, 1.54) is 6.07 Å². The molecule has 7 heteroatoms. The molecular weight excluding hydrogens is 309 g/mol. The van der Waals surface area contributed by atoms with Crippen molar-refractivity contribution in [3.63, 3.8) is 0 Å². The van der Waals surface area contributed by atoms with Gasteiger partial charge in [0, 0.05) is 13.6 Å². The first-order valence-corrected chi connectivity index (χ1v) is 7.24. The van der Waals surface area contributed by atoms with Crippen LogP contribution in [0.1, 0.15) is 34.8 Å². The van der Waals surface area contributed by atoms with Crippen LogP contribution in [0, 0.1) is 13.8 Å². The Bertz CT molecular complexity index is 583. The predicted octanol–water partition coefficient (Wildman–Crippen LogP) is 4.02. The van der Waals surface area contributed by atoms with Gasteiger partial charge in [-0.05, 0) is 44.0 Å². The summed E-state index contributed by atoms with van der Waals surface area (Å²) < 4.78 is 40.9. The second-order valence-electron chi connectivity index (χ2n) is 5.20. The molecule has 0 radical (unpaired) electrons. The van der Waals surface area contributed by atoms with E-state index in [-0.39, 0.29) is 5.56 Å². The topological polar surface area (TPSA) is 41.9 Å². The number of halogens is 3. The first-order valence-electron chi connectivity index (χ1n) is 7.24. The van der Waals surface area contributed by atoms with Gasteiger partial charge in [0.1, 0.15) is 6.61 Å². The molecule has 0 saturated carbocycles. The van der Waals surface area contributed by atoms with Crippen LogP contribution in [-0.2, 0) is 4.74 Å². The van der Waals surface area contributed by atoms with E-state index in [0.717, 1.165) is 12.1 Å². The van der Waals surface area contributed by atoms with Gasteiger partial charge in [-0.25, -0.2) is 9.79 Å². The third kappa shape index (κ3) is 5.92. The zero-order chi connectivity index (χ0) is 17.6. The first-order chi connectivity index (χ1) is 10.7. The fourth-order valence-electron chi connectivity index (χ4n) is 1.75. The molecular formula is C16H21F3N2O2. The molecule has 0 saturated heterocycles. The lowest BCUT2D eigenvalue weighted by atomic mass is 10.0. The Morgan fingerprint density at radius 2 is 1.96 bits per heavy atom. The number of benzene rings is 1. The molecule has 0 heterocycles. The number of aliphatic imine (C=N–C) groups is 1. The lowest BCUT2D eigenvalue weighted by molar-refractivity contribution is -0.141. The Labute approximate surface area is 134 Å². The van der Waals surface area contributed by atoms with E-state index < -0.39 is 25.2 Å². The van der Waals surface area contributed by atoms with Crippen LogP contribution in [0.25, 0.3) is 0 Å². The normalized spacial score (nSPS) is 11.8. The van der Waals surface area contributed by atoms with E-state index >= 15 is 0 Å². The lowest BCUT2D eigenvalue weighted by Crippen LogP contribution is -2.15. The molecule has 0 aliphatic carbocycles. The standard InChI is InChI=1S/C16H21F3N2O2/c1-5-21(4)10-20-14-7-6-13(11(2)12(14)3)15(22)23-9-8-16(17,18)19/h6-7,10H,5,8-9H2,1-4H3. The monoisotopic (exact) mass is 330 g/mol. The molecule has 0 aliphatic heterocycles. The number of hydrogen-bond acceptors (Lipinski definition) is 3. The molecule has 1 aromatic carbocycles. The highest BCUT2D eigenvalue weighted by atomic mass is 19.4. The Morgan fingerprint density at radius 1 is 1.30 bits per heavy atom. The zero-order valence-electron chi connectivity index (χ0n) is 13.7. The van der Waals surface area contributed by atoms with Crippen LogP contribution in [0.2, 0.25) is 0 Å². The van der Waals surface area contributed by atoms with Crippen LogP contribution in [-0.4, -0.2) is 43.6 Å². The molecule has 4 nitrogen and oxygen atoms in total. The maximum absolute atomic E-state index is 12.1. The van der Waals surface area contributed by atoms with Gasteiger partial charge in [-0.15, -0.1) is 0 Å². The number of hydrogen-bond donors (Lipinski definition) is 0. The number of alkyl halides is 3. The van der Waals surface area contributed by atoms with Gasteiger partial charge in [-0.1, -0.05) is 0 Å². The van der Waals surface area contributed by atoms with Crippen LogP contribution in [0.3, 0.4) is 0 Å². The summed E-state index contributed by atoms with van der Waals surface area (Å²) in [7, 11) is 1.89. The predicted molar refractivity (Wildman–Crippen MR) is 83.3 cm³/mol. The summed E-state index contributed by atoms with van der Waals surface area (Å²) in [4.78, 5) is 18.1. The minimum absolute atomic E-state index is 0.257. The SMILES string of the molecule is CCN(C)C=Nc1ccc(C(=O)OCCC(F)(F)F)c(C)c1C. The van der Waals surface area contributed by atoms with E-state index in [1.807, 2.05) is 18.9 Å². The summed E-state index contributed by atoms with van der Waals surface area (Å²) in [5.41, 5.74) is 2.40. The molecule has 0 unspecified atom stereocenters. The number of ether oxygens (including phenoxy) is 1. The molecule has 23 heavy (non-hydrogen) atoms. The zero-order valence-corrected chi connectivity index (χ0v) is 13.7. The summed E-state index contributed by atoms with van der Waals surface area (Å²) in [5, 5.41) is 0. The molecule has 0 N–H and O–H groups in total. The van der Waals surface area contributed by atoms with Gasteiger partial charge >= 0.3 is 12.1 Å². The van der Waals surface area contributed by atoms with Gasteiger partial charge in [0.05, 0.1) is 24.0 Å². The summed E-state index contributed by atoms with van der Waals surface area (Å²) in [6, 6.07) is 3.18. The summed E-state index contributed by atoms with van der Waals surface area (Å²) >= 11 is 0. The van der Waals surface area contributed by atoms with Crippen molar-refractivity contribution in [3.8, 4) is 0 Å². The average molecular weight is 330 g/mol. The number of esters is 1. The van der Waals surface area contributed by atoms with Crippen molar-refractivity contribution in [3.05, 3.63) is 28.8 Å². The Balaban J connectivity index is 2.84. The Hall–Kier alpha value is -2.05. The number of rotatable bonds is 6. The molecule has 0 atom stereocenters. The summed E-state index contributed by atoms with van der Waals surface area (Å²) in [6.07, 6.45) is -3.80. The highest BCUT2D eigenvalue weighted by Crippen LogP contribution is 2.25. The fourth-order valence-corrected chi connectivity index (χ4v) is 1.75. The largest absolute Gasteiger partial charge is 0.462 e. The first kappa shape index (κ1) is 19.0. The van der Waals surface area contributed by atoms with E-state index in [9.17, 15) is 18.0 Å². The maximum Gasteiger partial charge on any atom is 0.392 e. The van der Waals surface area contributed by atoms with E-state index in [0.29, 0.717) is 11.3 Å². The van der Waals surface area contributed by atoms with Gasteiger partial charge in [0.15, 0.2) is 0 Å². The van der Waals surface area contributed by atoms with E-state index in [4.69, 9.17) is 0 Å². The summed E-state index contributed by atoms with van der Waals surface area (Å²) in [5.74, 6) is -0.754. The van der Waals surface area contributed by atoms with Crippen molar-refractivity contribution in [1.82, 2.24) is 4.90 Å². The third-order valence-electron chi connectivity index (χ3n) is 3.49. The molecule has 1 rings (SSSR count). The highest BCUT2D eigenvalue weighted by molar-refractivity contribution is 5.92. The minimum Gasteiger partial charge on any atom is -0.462 e.